The first-order valence-corrected chi connectivity index (χ1v) is 13.5. The van der Waals surface area contributed by atoms with Crippen molar-refractivity contribution in [2.45, 2.75) is 42.6 Å². The van der Waals surface area contributed by atoms with E-state index >= 15 is 0 Å². The molecular weight excluding hydrogens is 476 g/mol. The highest BCUT2D eigenvalue weighted by atomic mass is 32.2. The summed E-state index contributed by atoms with van der Waals surface area (Å²) in [6.07, 6.45) is 0.985. The number of aliphatic hydroxyl groups is 1. The standard InChI is InChI=1S/C33H30O3S/c1-32(2,36)29-12-5-6-13-30(29)37-22-33(21-28(33)20-31(34)35)27-11-7-8-23(19-27)14-15-24-16-17-25-9-3-4-10-26(25)18-24/h3-13,16-19,28,36H,20-22H2,1-2H3,(H,34,35)/t28?,33-/m1/s1. The molecule has 0 bridgehead atoms. The molecule has 0 aromatic heterocycles. The molecule has 0 aliphatic heterocycles. The minimum absolute atomic E-state index is 0.0792. The SMILES string of the molecule is CC(C)(O)c1ccccc1SC[C@@]1(c2cccc(C#Cc3ccc4ccccc4c3)c2)CC1CC(=O)O. The normalized spacial score (nSPS) is 18.7. The molecule has 37 heavy (non-hydrogen) atoms. The predicted octanol–water partition coefficient (Wildman–Crippen LogP) is 6.99. The van der Waals surface area contributed by atoms with E-state index in [4.69, 9.17) is 0 Å². The number of carboxylic acid groups (broad SMARTS) is 1. The number of benzene rings is 4. The quantitative estimate of drug-likeness (QED) is 0.209. The summed E-state index contributed by atoms with van der Waals surface area (Å²) >= 11 is 1.70. The molecule has 0 heterocycles. The average molecular weight is 507 g/mol. The Morgan fingerprint density at radius 2 is 1.62 bits per heavy atom. The lowest BCUT2D eigenvalue weighted by molar-refractivity contribution is -0.137. The summed E-state index contributed by atoms with van der Waals surface area (Å²) in [7, 11) is 0. The lowest BCUT2D eigenvalue weighted by Crippen LogP contribution is -2.18. The summed E-state index contributed by atoms with van der Waals surface area (Å²) in [5, 5.41) is 22.5. The Kier molecular flexibility index (Phi) is 6.86. The second-order valence-corrected chi connectivity index (χ2v) is 11.4. The van der Waals surface area contributed by atoms with Gasteiger partial charge in [-0.15, -0.1) is 11.8 Å². The van der Waals surface area contributed by atoms with Crippen LogP contribution in [0.15, 0.2) is 95.9 Å². The first-order chi connectivity index (χ1) is 17.7. The summed E-state index contributed by atoms with van der Waals surface area (Å²) in [6, 6.07) is 30.7. The molecule has 186 valence electrons. The number of carboxylic acids is 1. The lowest BCUT2D eigenvalue weighted by atomic mass is 9.92. The Bertz CT molecular complexity index is 1520. The van der Waals surface area contributed by atoms with Crippen molar-refractivity contribution in [3.05, 3.63) is 113 Å². The van der Waals surface area contributed by atoms with Gasteiger partial charge in [-0.2, -0.15) is 0 Å². The average Bonchev–Trinajstić information content (AvgIpc) is 3.58. The highest BCUT2D eigenvalue weighted by Crippen LogP contribution is 2.58. The number of carbonyl (C=O) groups is 1. The molecular formula is C33H30O3S. The van der Waals surface area contributed by atoms with Gasteiger partial charge >= 0.3 is 5.97 Å². The first-order valence-electron chi connectivity index (χ1n) is 12.5. The van der Waals surface area contributed by atoms with Crippen LogP contribution in [0.25, 0.3) is 10.8 Å². The predicted molar refractivity (Wildman–Crippen MR) is 151 cm³/mol. The highest BCUT2D eigenvalue weighted by molar-refractivity contribution is 7.99. The maximum atomic E-state index is 11.6. The van der Waals surface area contributed by atoms with Crippen LogP contribution < -0.4 is 0 Å². The topological polar surface area (TPSA) is 57.5 Å². The first kappa shape index (κ1) is 25.1. The molecule has 0 radical (unpaired) electrons. The van der Waals surface area contributed by atoms with Crippen LogP contribution in [0.1, 0.15) is 48.9 Å². The van der Waals surface area contributed by atoms with Crippen molar-refractivity contribution in [2.24, 2.45) is 5.92 Å². The van der Waals surface area contributed by atoms with E-state index in [1.165, 1.54) is 10.8 Å². The molecule has 2 atom stereocenters. The van der Waals surface area contributed by atoms with Crippen molar-refractivity contribution in [2.75, 3.05) is 5.75 Å². The molecule has 1 aliphatic carbocycles. The molecule has 0 spiro atoms. The Hall–Kier alpha value is -3.52. The van der Waals surface area contributed by atoms with Crippen LogP contribution in [-0.2, 0) is 15.8 Å². The van der Waals surface area contributed by atoms with E-state index < -0.39 is 11.6 Å². The molecule has 2 N–H and O–H groups in total. The van der Waals surface area contributed by atoms with Crippen LogP contribution in [0.3, 0.4) is 0 Å². The van der Waals surface area contributed by atoms with Gasteiger partial charge in [0.05, 0.1) is 5.60 Å². The van der Waals surface area contributed by atoms with E-state index in [1.807, 2.05) is 54.6 Å². The highest BCUT2D eigenvalue weighted by Gasteiger charge is 2.55. The fourth-order valence-electron chi connectivity index (χ4n) is 5.10. The van der Waals surface area contributed by atoms with E-state index in [9.17, 15) is 15.0 Å². The minimum atomic E-state index is -0.945. The molecule has 4 aromatic rings. The number of aliphatic carboxylic acids is 1. The summed E-state index contributed by atoms with van der Waals surface area (Å²) in [5.41, 5.74) is 2.74. The van der Waals surface area contributed by atoms with Gasteiger partial charge in [0, 0.05) is 33.6 Å². The van der Waals surface area contributed by atoms with Gasteiger partial charge in [-0.3, -0.25) is 4.79 Å². The van der Waals surface area contributed by atoms with Gasteiger partial charge in [-0.05, 0) is 78.4 Å². The largest absolute Gasteiger partial charge is 0.481 e. The van der Waals surface area contributed by atoms with Crippen molar-refractivity contribution in [3.63, 3.8) is 0 Å². The Morgan fingerprint density at radius 3 is 2.38 bits per heavy atom. The Labute approximate surface area is 222 Å². The fraction of sp³-hybridized carbons (Fsp3) is 0.242. The van der Waals surface area contributed by atoms with E-state index in [-0.39, 0.29) is 17.8 Å². The third kappa shape index (κ3) is 5.59. The number of fused-ring (bicyclic) bond motifs is 1. The molecule has 3 nitrogen and oxygen atoms in total. The molecule has 1 aliphatic rings. The van der Waals surface area contributed by atoms with Crippen LogP contribution in [0, 0.1) is 17.8 Å². The second-order valence-electron chi connectivity index (χ2n) is 10.4. The van der Waals surface area contributed by atoms with Crippen molar-refractivity contribution < 1.29 is 15.0 Å². The summed E-state index contributed by atoms with van der Waals surface area (Å²) < 4.78 is 0. The van der Waals surface area contributed by atoms with Gasteiger partial charge in [-0.1, -0.05) is 72.5 Å². The number of hydrogen-bond acceptors (Lipinski definition) is 3. The zero-order chi connectivity index (χ0) is 26.0. The molecule has 5 rings (SSSR count). The number of hydrogen-bond donors (Lipinski definition) is 2. The summed E-state index contributed by atoms with van der Waals surface area (Å²) in [6.45, 7) is 3.59. The fourth-order valence-corrected chi connectivity index (χ4v) is 6.68. The molecule has 1 unspecified atom stereocenters. The molecule has 4 aromatic carbocycles. The third-order valence-corrected chi connectivity index (χ3v) is 8.55. The molecule has 4 heteroatoms. The smallest absolute Gasteiger partial charge is 0.303 e. The maximum absolute atomic E-state index is 11.6. The molecule has 0 amide bonds. The van der Waals surface area contributed by atoms with Crippen LogP contribution in [0.5, 0.6) is 0 Å². The summed E-state index contributed by atoms with van der Waals surface area (Å²) in [5.74, 6) is 6.68. The van der Waals surface area contributed by atoms with Gasteiger partial charge < -0.3 is 10.2 Å². The van der Waals surface area contributed by atoms with Crippen molar-refractivity contribution >= 4 is 28.5 Å². The van der Waals surface area contributed by atoms with Crippen molar-refractivity contribution in [1.29, 1.82) is 0 Å². The number of thioether (sulfide) groups is 1. The molecule has 1 fully saturated rings. The zero-order valence-electron chi connectivity index (χ0n) is 21.1. The lowest BCUT2D eigenvalue weighted by Gasteiger charge is -2.23. The van der Waals surface area contributed by atoms with Gasteiger partial charge in [-0.25, -0.2) is 0 Å². The van der Waals surface area contributed by atoms with E-state index in [0.29, 0.717) is 0 Å². The number of rotatable bonds is 7. The van der Waals surface area contributed by atoms with E-state index in [1.54, 1.807) is 25.6 Å². The molecule has 0 saturated heterocycles. The van der Waals surface area contributed by atoms with Crippen molar-refractivity contribution in [1.82, 2.24) is 0 Å². The van der Waals surface area contributed by atoms with Gasteiger partial charge in [0.1, 0.15) is 0 Å². The third-order valence-electron chi connectivity index (χ3n) is 7.22. The maximum Gasteiger partial charge on any atom is 0.303 e. The molecule has 1 saturated carbocycles. The second kappa shape index (κ2) is 10.1. The van der Waals surface area contributed by atoms with Crippen LogP contribution in [0.4, 0.5) is 0 Å². The van der Waals surface area contributed by atoms with E-state index in [0.717, 1.165) is 39.3 Å². The van der Waals surface area contributed by atoms with Gasteiger partial charge in [0.15, 0.2) is 0 Å². The zero-order valence-corrected chi connectivity index (χ0v) is 21.9. The van der Waals surface area contributed by atoms with Crippen LogP contribution in [-0.4, -0.2) is 21.9 Å². The minimum Gasteiger partial charge on any atom is -0.481 e. The van der Waals surface area contributed by atoms with Gasteiger partial charge in [0.2, 0.25) is 0 Å². The monoisotopic (exact) mass is 506 g/mol. The van der Waals surface area contributed by atoms with Crippen LogP contribution >= 0.6 is 11.8 Å². The Morgan fingerprint density at radius 1 is 0.919 bits per heavy atom. The van der Waals surface area contributed by atoms with Crippen molar-refractivity contribution in [3.8, 4) is 11.8 Å². The van der Waals surface area contributed by atoms with Crippen LogP contribution in [0.2, 0.25) is 0 Å². The van der Waals surface area contributed by atoms with Gasteiger partial charge in [0.25, 0.3) is 0 Å². The van der Waals surface area contributed by atoms with E-state index in [2.05, 4.69) is 48.2 Å². The summed E-state index contributed by atoms with van der Waals surface area (Å²) in [4.78, 5) is 12.6. The Balaban J connectivity index is 1.42.